The third kappa shape index (κ3) is 3.11. The lowest BCUT2D eigenvalue weighted by molar-refractivity contribution is -0.133. The van der Waals surface area contributed by atoms with Crippen LogP contribution in [0, 0.1) is 5.82 Å². The number of ether oxygens (including phenoxy) is 1. The maximum Gasteiger partial charge on any atom is 0.264 e. The molecule has 0 radical (unpaired) electrons. The van der Waals surface area contributed by atoms with Crippen LogP contribution < -0.4 is 5.32 Å². The molecule has 1 saturated heterocycles. The first-order valence-corrected chi connectivity index (χ1v) is 8.23. The number of carbonyl (C=O) groups is 1. The highest BCUT2D eigenvalue weighted by Crippen LogP contribution is 2.27. The van der Waals surface area contributed by atoms with Crippen molar-refractivity contribution in [3.63, 3.8) is 0 Å². The van der Waals surface area contributed by atoms with Crippen molar-refractivity contribution in [3.05, 3.63) is 24.0 Å². The van der Waals surface area contributed by atoms with Crippen molar-refractivity contribution in [1.29, 1.82) is 0 Å². The maximum absolute atomic E-state index is 13.6. The summed E-state index contributed by atoms with van der Waals surface area (Å²) in [6, 6.07) is 3.19. The maximum atomic E-state index is 13.6. The second-order valence-electron chi connectivity index (χ2n) is 4.72. The number of hydrogen-bond acceptors (Lipinski definition) is 4. The molecule has 1 unspecified atom stereocenters. The minimum absolute atomic E-state index is 0.147. The van der Waals surface area contributed by atoms with Crippen LogP contribution in [-0.4, -0.2) is 26.5 Å². The molecule has 8 heteroatoms. The lowest BCUT2D eigenvalue weighted by Gasteiger charge is -2.21. The van der Waals surface area contributed by atoms with Gasteiger partial charge >= 0.3 is 0 Å². The van der Waals surface area contributed by atoms with E-state index in [-0.39, 0.29) is 5.69 Å². The average Bonchev–Trinajstić information content (AvgIpc) is 2.76. The number of amides is 1. The zero-order chi connectivity index (χ0) is 15.0. The Kier molecular flexibility index (Phi) is 4.04. The van der Waals surface area contributed by atoms with Gasteiger partial charge in [-0.1, -0.05) is 0 Å². The first-order chi connectivity index (χ1) is 9.22. The molecule has 1 aliphatic heterocycles. The fourth-order valence-corrected chi connectivity index (χ4v) is 2.90. The van der Waals surface area contributed by atoms with Gasteiger partial charge in [0.2, 0.25) is 0 Å². The van der Waals surface area contributed by atoms with Crippen molar-refractivity contribution in [1.82, 2.24) is 0 Å². The minimum Gasteiger partial charge on any atom is -0.365 e. The van der Waals surface area contributed by atoms with Gasteiger partial charge in [0.25, 0.3) is 15.0 Å². The van der Waals surface area contributed by atoms with Crippen LogP contribution in [0.2, 0.25) is 0 Å². The second-order valence-corrected chi connectivity index (χ2v) is 7.25. The number of carbonyl (C=O) groups excluding carboxylic acids is 1. The van der Waals surface area contributed by atoms with Crippen molar-refractivity contribution in [2.45, 2.75) is 30.3 Å². The Bertz CT molecular complexity index is 641. The summed E-state index contributed by atoms with van der Waals surface area (Å²) < 4.78 is 41.1. The van der Waals surface area contributed by atoms with Crippen LogP contribution in [0.3, 0.4) is 0 Å². The molecule has 1 N–H and O–H groups in total. The van der Waals surface area contributed by atoms with E-state index in [4.69, 9.17) is 15.4 Å². The lowest BCUT2D eigenvalue weighted by Crippen LogP contribution is -2.39. The zero-order valence-electron chi connectivity index (χ0n) is 10.7. The van der Waals surface area contributed by atoms with Gasteiger partial charge in [-0.05, 0) is 38.0 Å². The van der Waals surface area contributed by atoms with E-state index in [2.05, 4.69) is 5.32 Å². The van der Waals surface area contributed by atoms with E-state index in [0.29, 0.717) is 13.0 Å². The molecular weight excluding hydrogens is 309 g/mol. The molecule has 0 aliphatic carbocycles. The number of anilines is 1. The average molecular weight is 322 g/mol. The van der Waals surface area contributed by atoms with Gasteiger partial charge in [-0.2, -0.15) is 0 Å². The Morgan fingerprint density at radius 3 is 2.70 bits per heavy atom. The standard InChI is InChI=1S/C12H13ClFNO4S/c1-12(5-2-6-19-12)11(16)15-8-3-4-10(9(14)7-8)20(13,17)18/h3-4,7H,2,5-6H2,1H3,(H,15,16). The summed E-state index contributed by atoms with van der Waals surface area (Å²) in [6.45, 7) is 2.16. The molecule has 5 nitrogen and oxygen atoms in total. The summed E-state index contributed by atoms with van der Waals surface area (Å²) in [5, 5.41) is 2.50. The summed E-state index contributed by atoms with van der Waals surface area (Å²) in [5.41, 5.74) is -0.790. The van der Waals surface area contributed by atoms with Gasteiger partial charge in [0.1, 0.15) is 16.3 Å². The van der Waals surface area contributed by atoms with Crippen molar-refractivity contribution in [2.75, 3.05) is 11.9 Å². The Morgan fingerprint density at radius 1 is 1.50 bits per heavy atom. The van der Waals surface area contributed by atoms with E-state index in [1.807, 2.05) is 0 Å². The molecule has 20 heavy (non-hydrogen) atoms. The highest BCUT2D eigenvalue weighted by atomic mass is 35.7. The van der Waals surface area contributed by atoms with Gasteiger partial charge in [-0.3, -0.25) is 4.79 Å². The second kappa shape index (κ2) is 5.31. The minimum atomic E-state index is -4.15. The Balaban J connectivity index is 2.19. The summed E-state index contributed by atoms with van der Waals surface area (Å²) in [5.74, 6) is -1.41. The molecule has 1 aliphatic rings. The predicted molar refractivity (Wildman–Crippen MR) is 71.7 cm³/mol. The van der Waals surface area contributed by atoms with Crippen LogP contribution in [0.25, 0.3) is 0 Å². The van der Waals surface area contributed by atoms with E-state index in [1.165, 1.54) is 6.07 Å². The van der Waals surface area contributed by atoms with E-state index in [1.54, 1.807) is 6.92 Å². The number of benzene rings is 1. The molecule has 1 atom stereocenters. The van der Waals surface area contributed by atoms with E-state index >= 15 is 0 Å². The van der Waals surface area contributed by atoms with E-state index in [9.17, 15) is 17.6 Å². The predicted octanol–water partition coefficient (Wildman–Crippen LogP) is 2.26. The lowest BCUT2D eigenvalue weighted by atomic mass is 10.0. The van der Waals surface area contributed by atoms with Gasteiger partial charge in [-0.15, -0.1) is 0 Å². The van der Waals surface area contributed by atoms with Crippen molar-refractivity contribution in [2.24, 2.45) is 0 Å². The molecule has 1 heterocycles. The molecule has 1 aromatic rings. The van der Waals surface area contributed by atoms with Gasteiger partial charge in [-0.25, -0.2) is 12.8 Å². The smallest absolute Gasteiger partial charge is 0.264 e. The van der Waals surface area contributed by atoms with Gasteiger partial charge in [0, 0.05) is 23.0 Å². The van der Waals surface area contributed by atoms with Crippen molar-refractivity contribution < 1.29 is 22.3 Å². The van der Waals surface area contributed by atoms with E-state index in [0.717, 1.165) is 18.6 Å². The third-order valence-electron chi connectivity index (χ3n) is 3.15. The summed E-state index contributed by atoms with van der Waals surface area (Å²) in [4.78, 5) is 11.4. The molecule has 2 rings (SSSR count). The fourth-order valence-electron chi connectivity index (χ4n) is 2.00. The normalized spacial score (nSPS) is 22.8. The van der Waals surface area contributed by atoms with Gasteiger partial charge in [0.15, 0.2) is 0 Å². The third-order valence-corrected chi connectivity index (χ3v) is 4.51. The monoisotopic (exact) mass is 321 g/mol. The zero-order valence-corrected chi connectivity index (χ0v) is 12.2. The highest BCUT2D eigenvalue weighted by molar-refractivity contribution is 8.13. The number of nitrogens with one attached hydrogen (secondary N) is 1. The molecule has 1 fully saturated rings. The van der Waals surface area contributed by atoms with Crippen LogP contribution in [-0.2, 0) is 18.6 Å². The number of halogens is 2. The SMILES string of the molecule is CC1(C(=O)Nc2ccc(S(=O)(=O)Cl)c(F)c2)CCCO1. The first kappa shape index (κ1) is 15.2. The topological polar surface area (TPSA) is 72.5 Å². The summed E-state index contributed by atoms with van der Waals surface area (Å²) in [6.07, 6.45) is 1.36. The van der Waals surface area contributed by atoms with Crippen LogP contribution >= 0.6 is 10.7 Å². The molecule has 1 aromatic carbocycles. The fraction of sp³-hybridized carbons (Fsp3) is 0.417. The van der Waals surface area contributed by atoms with Crippen LogP contribution in [0.15, 0.2) is 23.1 Å². The van der Waals surface area contributed by atoms with Crippen molar-refractivity contribution in [3.8, 4) is 0 Å². The van der Waals surface area contributed by atoms with Crippen LogP contribution in [0.4, 0.5) is 10.1 Å². The van der Waals surface area contributed by atoms with Crippen LogP contribution in [0.1, 0.15) is 19.8 Å². The highest BCUT2D eigenvalue weighted by Gasteiger charge is 2.37. The molecule has 110 valence electrons. The van der Waals surface area contributed by atoms with Crippen LogP contribution in [0.5, 0.6) is 0 Å². The van der Waals surface area contributed by atoms with E-state index < -0.39 is 31.3 Å². The quantitative estimate of drug-likeness (QED) is 0.867. The summed E-state index contributed by atoms with van der Waals surface area (Å²) >= 11 is 0. The summed E-state index contributed by atoms with van der Waals surface area (Å²) in [7, 11) is 0.926. The Hall–Kier alpha value is -1.18. The molecule has 0 aromatic heterocycles. The van der Waals surface area contributed by atoms with Gasteiger partial charge < -0.3 is 10.1 Å². The Labute approximate surface area is 120 Å². The Morgan fingerprint density at radius 2 is 2.20 bits per heavy atom. The molecule has 1 amide bonds. The number of hydrogen-bond donors (Lipinski definition) is 1. The molecular formula is C12H13ClFNO4S. The van der Waals surface area contributed by atoms with Gasteiger partial charge in [0.05, 0.1) is 0 Å². The first-order valence-electron chi connectivity index (χ1n) is 5.92. The van der Waals surface area contributed by atoms with Crippen molar-refractivity contribution >= 4 is 31.3 Å². The largest absolute Gasteiger partial charge is 0.365 e. The molecule has 0 spiro atoms. The molecule has 0 saturated carbocycles. The molecule has 0 bridgehead atoms. The number of rotatable bonds is 3.